The second kappa shape index (κ2) is 4.74. The summed E-state index contributed by atoms with van der Waals surface area (Å²) in [5.74, 6) is 0.788. The molecule has 5 heteroatoms. The predicted molar refractivity (Wildman–Crippen MR) is 72.8 cm³/mol. The molecule has 100 valence electrons. The maximum Gasteiger partial charge on any atom is 0.176 e. The smallest absolute Gasteiger partial charge is 0.176 e. The van der Waals surface area contributed by atoms with E-state index in [9.17, 15) is 0 Å². The molecule has 5 nitrogen and oxygen atoms in total. The van der Waals surface area contributed by atoms with E-state index in [1.807, 2.05) is 12.1 Å². The van der Waals surface area contributed by atoms with Crippen LogP contribution in [0.2, 0.25) is 0 Å². The highest BCUT2D eigenvalue weighted by atomic mass is 15.5. The molecule has 2 aromatic rings. The number of tetrazole rings is 1. The van der Waals surface area contributed by atoms with Crippen molar-refractivity contribution in [3.63, 3.8) is 0 Å². The monoisotopic (exact) mass is 257 g/mol. The van der Waals surface area contributed by atoms with Crippen LogP contribution in [0.5, 0.6) is 0 Å². The quantitative estimate of drug-likeness (QED) is 0.894. The fraction of sp³-hybridized carbons (Fsp3) is 0.500. The van der Waals surface area contributed by atoms with Gasteiger partial charge in [-0.3, -0.25) is 0 Å². The van der Waals surface area contributed by atoms with Crippen molar-refractivity contribution >= 4 is 0 Å². The minimum atomic E-state index is -0.382. The van der Waals surface area contributed by atoms with Crippen molar-refractivity contribution in [1.82, 2.24) is 20.2 Å². The third-order valence-corrected chi connectivity index (χ3v) is 3.94. The van der Waals surface area contributed by atoms with Gasteiger partial charge in [-0.2, -0.15) is 4.68 Å². The summed E-state index contributed by atoms with van der Waals surface area (Å²) in [6, 6.07) is 8.18. The van der Waals surface area contributed by atoms with Crippen molar-refractivity contribution in [1.29, 1.82) is 0 Å². The van der Waals surface area contributed by atoms with Gasteiger partial charge in [0.05, 0.1) is 11.2 Å². The first-order chi connectivity index (χ1) is 9.19. The van der Waals surface area contributed by atoms with E-state index in [-0.39, 0.29) is 5.54 Å². The van der Waals surface area contributed by atoms with Gasteiger partial charge in [0.25, 0.3) is 0 Å². The van der Waals surface area contributed by atoms with Crippen LogP contribution in [0.1, 0.15) is 43.5 Å². The lowest BCUT2D eigenvalue weighted by atomic mass is 9.82. The number of benzene rings is 1. The summed E-state index contributed by atoms with van der Waals surface area (Å²) < 4.78 is 1.78. The van der Waals surface area contributed by atoms with Crippen LogP contribution in [0.25, 0.3) is 5.69 Å². The largest absolute Gasteiger partial charge is 0.319 e. The molecule has 0 aliphatic heterocycles. The Labute approximate surface area is 112 Å². The Morgan fingerprint density at radius 3 is 2.47 bits per heavy atom. The normalized spacial score (nSPS) is 18.4. The summed E-state index contributed by atoms with van der Waals surface area (Å²) in [4.78, 5) is 0. The van der Waals surface area contributed by atoms with Crippen LogP contribution in [0, 0.1) is 6.92 Å². The molecule has 1 heterocycles. The van der Waals surface area contributed by atoms with Crippen molar-refractivity contribution in [3.8, 4) is 5.69 Å². The Kier molecular flexibility index (Phi) is 3.06. The van der Waals surface area contributed by atoms with E-state index >= 15 is 0 Å². The maximum atomic E-state index is 6.53. The van der Waals surface area contributed by atoms with Gasteiger partial charge in [-0.25, -0.2) is 0 Å². The van der Waals surface area contributed by atoms with Crippen LogP contribution >= 0.6 is 0 Å². The van der Waals surface area contributed by atoms with Crippen molar-refractivity contribution in [2.45, 2.75) is 44.6 Å². The lowest BCUT2D eigenvalue weighted by Crippen LogP contribution is -2.41. The van der Waals surface area contributed by atoms with Gasteiger partial charge >= 0.3 is 0 Å². The van der Waals surface area contributed by atoms with Gasteiger partial charge in [0.15, 0.2) is 5.82 Å². The lowest BCUT2D eigenvalue weighted by molar-refractivity contribution is 0.282. The second-order valence-electron chi connectivity index (χ2n) is 5.47. The zero-order valence-electron chi connectivity index (χ0n) is 11.2. The molecule has 0 spiro atoms. The average molecular weight is 257 g/mol. The minimum Gasteiger partial charge on any atom is -0.319 e. The molecule has 1 aromatic heterocycles. The van der Waals surface area contributed by atoms with Crippen LogP contribution in [0.3, 0.4) is 0 Å². The van der Waals surface area contributed by atoms with E-state index in [1.54, 1.807) is 4.68 Å². The molecule has 1 aliphatic carbocycles. The van der Waals surface area contributed by atoms with Gasteiger partial charge < -0.3 is 5.73 Å². The molecule has 0 amide bonds. The van der Waals surface area contributed by atoms with Gasteiger partial charge in [-0.15, -0.1) is 5.10 Å². The van der Waals surface area contributed by atoms with Gasteiger partial charge in [-0.05, 0) is 42.3 Å². The van der Waals surface area contributed by atoms with Gasteiger partial charge in [0, 0.05) is 0 Å². The maximum absolute atomic E-state index is 6.53. The van der Waals surface area contributed by atoms with Crippen LogP contribution in [-0.4, -0.2) is 20.2 Å². The third kappa shape index (κ3) is 2.26. The van der Waals surface area contributed by atoms with E-state index in [1.165, 1.54) is 12.0 Å². The van der Waals surface area contributed by atoms with Crippen LogP contribution in [-0.2, 0) is 5.54 Å². The molecule has 0 radical (unpaired) electrons. The van der Waals surface area contributed by atoms with E-state index in [4.69, 9.17) is 5.73 Å². The molecule has 3 rings (SSSR count). The number of nitrogens with two attached hydrogens (primary N) is 1. The molecule has 0 bridgehead atoms. The molecular formula is C14H19N5. The number of rotatable bonds is 2. The van der Waals surface area contributed by atoms with Crippen LogP contribution < -0.4 is 5.73 Å². The summed E-state index contributed by atoms with van der Waals surface area (Å²) in [6.45, 7) is 2.07. The van der Waals surface area contributed by atoms with Crippen molar-refractivity contribution in [2.75, 3.05) is 0 Å². The summed E-state index contributed by atoms with van der Waals surface area (Å²) in [5.41, 5.74) is 8.34. The molecule has 0 unspecified atom stereocenters. The first kappa shape index (κ1) is 12.3. The summed E-state index contributed by atoms with van der Waals surface area (Å²) >= 11 is 0. The highest BCUT2D eigenvalue weighted by molar-refractivity contribution is 5.34. The van der Waals surface area contributed by atoms with E-state index < -0.39 is 0 Å². The average Bonchev–Trinajstić information content (AvgIpc) is 2.90. The summed E-state index contributed by atoms with van der Waals surface area (Å²) in [6.07, 6.45) is 5.47. The topological polar surface area (TPSA) is 69.6 Å². The zero-order valence-corrected chi connectivity index (χ0v) is 11.2. The molecule has 0 atom stereocenters. The third-order valence-electron chi connectivity index (χ3n) is 3.94. The summed E-state index contributed by atoms with van der Waals surface area (Å²) in [7, 11) is 0. The zero-order chi connectivity index (χ0) is 13.3. The van der Waals surface area contributed by atoms with Gasteiger partial charge in [0.1, 0.15) is 0 Å². The molecule has 1 aliphatic rings. The first-order valence-electron chi connectivity index (χ1n) is 6.84. The number of nitrogens with zero attached hydrogens (tertiary/aromatic N) is 4. The number of hydrogen-bond donors (Lipinski definition) is 1. The Hall–Kier alpha value is -1.75. The number of aromatic nitrogens is 4. The number of aryl methyl sites for hydroxylation is 1. The Morgan fingerprint density at radius 1 is 1.11 bits per heavy atom. The van der Waals surface area contributed by atoms with Crippen molar-refractivity contribution < 1.29 is 0 Å². The van der Waals surface area contributed by atoms with E-state index in [0.29, 0.717) is 0 Å². The molecule has 2 N–H and O–H groups in total. The van der Waals surface area contributed by atoms with Crippen molar-refractivity contribution in [2.24, 2.45) is 5.73 Å². The fourth-order valence-electron chi connectivity index (χ4n) is 2.76. The molecule has 1 saturated carbocycles. The van der Waals surface area contributed by atoms with E-state index in [2.05, 4.69) is 34.6 Å². The Bertz CT molecular complexity index is 551. The fourth-order valence-corrected chi connectivity index (χ4v) is 2.76. The molecule has 1 aromatic carbocycles. The van der Waals surface area contributed by atoms with Gasteiger partial charge in [-0.1, -0.05) is 37.0 Å². The van der Waals surface area contributed by atoms with E-state index in [0.717, 1.165) is 37.2 Å². The number of hydrogen-bond acceptors (Lipinski definition) is 4. The minimum absolute atomic E-state index is 0.382. The first-order valence-corrected chi connectivity index (χ1v) is 6.84. The van der Waals surface area contributed by atoms with Crippen molar-refractivity contribution in [3.05, 3.63) is 35.7 Å². The molecule has 1 fully saturated rings. The molecule has 0 saturated heterocycles. The molecule has 19 heavy (non-hydrogen) atoms. The van der Waals surface area contributed by atoms with Gasteiger partial charge in [0.2, 0.25) is 0 Å². The van der Waals surface area contributed by atoms with Crippen LogP contribution in [0.15, 0.2) is 24.3 Å². The molecular weight excluding hydrogens is 238 g/mol. The summed E-state index contributed by atoms with van der Waals surface area (Å²) in [5, 5.41) is 12.1. The highest BCUT2D eigenvalue weighted by Crippen LogP contribution is 2.33. The standard InChI is InChI=1S/C14H19N5/c1-11-5-7-12(8-6-11)19-13(16-17-18-19)14(15)9-3-2-4-10-14/h5-8H,2-4,9-10,15H2,1H3. The van der Waals surface area contributed by atoms with Crippen LogP contribution in [0.4, 0.5) is 0 Å². The Balaban J connectivity index is 2.00. The lowest BCUT2D eigenvalue weighted by Gasteiger charge is -2.31. The highest BCUT2D eigenvalue weighted by Gasteiger charge is 2.35. The Morgan fingerprint density at radius 2 is 1.79 bits per heavy atom. The SMILES string of the molecule is Cc1ccc(-n2nnnc2C2(N)CCCCC2)cc1. The second-order valence-corrected chi connectivity index (χ2v) is 5.47. The predicted octanol–water partition coefficient (Wildman–Crippen LogP) is 2.09.